The molecule has 2 aromatic carbocycles. The van der Waals surface area contributed by atoms with Gasteiger partial charge in [0.15, 0.2) is 19.3 Å². The number of nitrogens with two attached hydrogens (primary N) is 1. The molecule has 14 heteroatoms. The molecule has 41 heavy (non-hydrogen) atoms. The summed E-state index contributed by atoms with van der Waals surface area (Å²) in [4.78, 5) is 34.0. The summed E-state index contributed by atoms with van der Waals surface area (Å²) in [7, 11) is -1.89. The summed E-state index contributed by atoms with van der Waals surface area (Å²) in [5.74, 6) is -0.666. The van der Waals surface area contributed by atoms with E-state index >= 15 is 0 Å². The molecule has 3 heterocycles. The topological polar surface area (TPSA) is 144 Å². The maximum Gasteiger partial charge on any atom is 0.280 e. The first-order chi connectivity index (χ1) is 19.8. The van der Waals surface area contributed by atoms with E-state index in [0.29, 0.717) is 31.7 Å². The van der Waals surface area contributed by atoms with Crippen LogP contribution in [0.25, 0.3) is 22.0 Å². The normalized spacial score (nSPS) is 12.8. The number of aromatic nitrogens is 3. The molecule has 5 aromatic rings. The summed E-state index contributed by atoms with van der Waals surface area (Å²) in [6.07, 6.45) is 3.07. The van der Waals surface area contributed by atoms with Gasteiger partial charge in [-0.15, -0.1) is 0 Å². The Kier molecular flexibility index (Phi) is 8.96. The number of nitrogens with zero attached hydrogens (tertiary/aromatic N) is 2. The third-order valence-electron chi connectivity index (χ3n) is 6.12. The molecule has 0 saturated heterocycles. The van der Waals surface area contributed by atoms with E-state index in [1.165, 1.54) is 6.20 Å². The van der Waals surface area contributed by atoms with Crippen LogP contribution in [0.4, 0.5) is 0 Å². The van der Waals surface area contributed by atoms with Gasteiger partial charge in [0, 0.05) is 58.3 Å². The highest BCUT2D eigenvalue weighted by Crippen LogP contribution is 2.36. The highest BCUT2D eigenvalue weighted by atomic mass is 35.5. The molecular weight excluding hydrogens is 606 g/mol. The Morgan fingerprint density at radius 2 is 1.98 bits per heavy atom. The first kappa shape index (κ1) is 29.1. The molecule has 0 radical (unpaired) electrons. The first-order valence-corrected chi connectivity index (χ1v) is 15.3. The van der Waals surface area contributed by atoms with Crippen LogP contribution in [0, 0.1) is 0 Å². The Balaban J connectivity index is 1.66. The number of halogens is 2. The number of H-pyrrole nitrogens is 1. The molecule has 10 nitrogen and oxygen atoms in total. The number of carbonyl (C=O) groups excluding carboxylic acids is 1. The summed E-state index contributed by atoms with van der Waals surface area (Å²) in [6.45, 7) is 0.203. The molecule has 210 valence electrons. The average Bonchev–Trinajstić information content (AvgIpc) is 3.26. The highest BCUT2D eigenvalue weighted by Gasteiger charge is 2.27. The zero-order chi connectivity index (χ0) is 29.1. The third kappa shape index (κ3) is 6.27. The van der Waals surface area contributed by atoms with E-state index in [4.69, 9.17) is 33.3 Å². The number of carbonyl (C=O) groups is 1. The van der Waals surface area contributed by atoms with Gasteiger partial charge >= 0.3 is 0 Å². The quantitative estimate of drug-likeness (QED) is 0.108. The van der Waals surface area contributed by atoms with Crippen molar-refractivity contribution < 1.29 is 13.6 Å². The molecule has 0 spiro atoms. The predicted molar refractivity (Wildman–Crippen MR) is 163 cm³/mol. The van der Waals surface area contributed by atoms with Crippen LogP contribution in [0.5, 0.6) is 0 Å². The Labute approximate surface area is 248 Å². The van der Waals surface area contributed by atoms with Crippen molar-refractivity contribution in [3.8, 4) is 11.1 Å². The average molecular weight is 629 g/mol. The van der Waals surface area contributed by atoms with E-state index in [0.717, 1.165) is 5.56 Å². The lowest BCUT2D eigenvalue weighted by Gasteiger charge is -2.14. The van der Waals surface area contributed by atoms with Gasteiger partial charge in [0.2, 0.25) is 0 Å². The van der Waals surface area contributed by atoms with Crippen LogP contribution in [0.3, 0.4) is 0 Å². The second-order valence-electron chi connectivity index (χ2n) is 8.69. The van der Waals surface area contributed by atoms with Crippen LogP contribution in [0.2, 0.25) is 10.2 Å². The summed E-state index contributed by atoms with van der Waals surface area (Å²) in [6, 6.07) is 18.5. The fourth-order valence-corrected chi connectivity index (χ4v) is 6.50. The number of pyridine rings is 2. The van der Waals surface area contributed by atoms with Crippen molar-refractivity contribution >= 4 is 64.6 Å². The number of hydroxylamine groups is 1. The molecule has 0 fully saturated rings. The van der Waals surface area contributed by atoms with Crippen molar-refractivity contribution in [2.45, 2.75) is 11.4 Å². The van der Waals surface area contributed by atoms with Crippen LogP contribution in [-0.4, -0.2) is 31.7 Å². The molecule has 2 unspecified atom stereocenters. The zero-order valence-corrected chi connectivity index (χ0v) is 24.7. The fourth-order valence-electron chi connectivity index (χ4n) is 4.42. The summed E-state index contributed by atoms with van der Waals surface area (Å²) >= 11 is 12.5. The van der Waals surface area contributed by atoms with Crippen molar-refractivity contribution in [1.82, 2.24) is 24.7 Å². The lowest BCUT2D eigenvalue weighted by Crippen LogP contribution is -2.29. The molecule has 5 rings (SSSR count). The molecule has 0 aliphatic carbocycles. The van der Waals surface area contributed by atoms with E-state index < -0.39 is 30.8 Å². The number of amides is 1. The molecule has 0 aliphatic rings. The molecule has 0 aliphatic heterocycles. The summed E-state index contributed by atoms with van der Waals surface area (Å²) < 4.78 is 23.0. The Morgan fingerprint density at radius 1 is 1.15 bits per heavy atom. The van der Waals surface area contributed by atoms with Crippen LogP contribution < -0.4 is 26.6 Å². The van der Waals surface area contributed by atoms with E-state index in [2.05, 4.69) is 20.2 Å². The number of nitrogens with one attached hydrogen (secondary N) is 3. The lowest BCUT2D eigenvalue weighted by molar-refractivity contribution is 0.0975. The standard InChI is InChI=1S/C27H23Cl2N6O4PS/c1-31-39-40(30)18-4-2-5-19(14-18)41(38)34-27(37)25-24(20-6-3-10-33-26(20)36)21-13-17(28)7-8-22(21)35(25)15-16-9-11-32-23(29)12-16/h2-14,31H,15,30H2,1H3,(H,33,36)(H,34,37). The van der Waals surface area contributed by atoms with E-state index in [1.807, 2.05) is 0 Å². The number of aromatic amines is 1. The molecule has 0 saturated carbocycles. The molecule has 5 N–H and O–H groups in total. The number of benzene rings is 2. The van der Waals surface area contributed by atoms with Crippen molar-refractivity contribution in [3.63, 3.8) is 0 Å². The SMILES string of the molecule is CNOP(N)c1cccc(S(=O)NC(=O)c2c(-c3ccc[nH]c3=O)c3cc(Cl)ccc3n2Cc2ccnc(Cl)c2)c1. The number of rotatable bonds is 9. The summed E-state index contributed by atoms with van der Waals surface area (Å²) in [5, 5.41) is 1.90. The second kappa shape index (κ2) is 12.6. The first-order valence-electron chi connectivity index (χ1n) is 12.1. The van der Waals surface area contributed by atoms with Gasteiger partial charge in [-0.3, -0.25) is 24.4 Å². The van der Waals surface area contributed by atoms with Crippen molar-refractivity contribution in [1.29, 1.82) is 0 Å². The number of hydrogen-bond acceptors (Lipinski definition) is 7. The zero-order valence-electron chi connectivity index (χ0n) is 21.4. The Bertz CT molecular complexity index is 1850. The second-order valence-corrected chi connectivity index (χ2v) is 12.1. The van der Waals surface area contributed by atoms with Crippen molar-refractivity contribution in [2.75, 3.05) is 7.05 Å². The van der Waals surface area contributed by atoms with E-state index in [-0.39, 0.29) is 23.0 Å². The monoisotopic (exact) mass is 628 g/mol. The van der Waals surface area contributed by atoms with Gasteiger partial charge in [-0.2, -0.15) is 0 Å². The number of hydrogen-bond donors (Lipinski definition) is 4. The van der Waals surface area contributed by atoms with Gasteiger partial charge < -0.3 is 9.55 Å². The molecule has 1 amide bonds. The minimum atomic E-state index is -1.98. The Morgan fingerprint density at radius 3 is 2.73 bits per heavy atom. The van der Waals surface area contributed by atoms with Crippen LogP contribution in [0.15, 0.2) is 88.8 Å². The van der Waals surface area contributed by atoms with Gasteiger partial charge in [0.05, 0.1) is 4.90 Å². The largest absolute Gasteiger partial charge is 0.331 e. The highest BCUT2D eigenvalue weighted by molar-refractivity contribution is 7.83. The molecule has 3 aromatic heterocycles. The maximum atomic E-state index is 14.0. The lowest BCUT2D eigenvalue weighted by atomic mass is 10.0. The fraction of sp³-hybridized carbons (Fsp3) is 0.0741. The smallest absolute Gasteiger partial charge is 0.280 e. The number of fused-ring (bicyclic) bond motifs is 1. The van der Waals surface area contributed by atoms with Crippen LogP contribution in [0.1, 0.15) is 16.1 Å². The third-order valence-corrected chi connectivity index (χ3v) is 8.78. The van der Waals surface area contributed by atoms with E-state index in [9.17, 15) is 13.8 Å². The molecular formula is C27H23Cl2N6O4PS. The van der Waals surface area contributed by atoms with Crippen molar-refractivity contribution in [3.05, 3.63) is 111 Å². The van der Waals surface area contributed by atoms with Crippen LogP contribution >= 0.6 is 31.5 Å². The minimum absolute atomic E-state index is 0.121. The van der Waals surface area contributed by atoms with Gasteiger partial charge in [0.25, 0.3) is 11.5 Å². The Hall–Kier alpha value is -3.41. The predicted octanol–water partition coefficient (Wildman–Crippen LogP) is 4.25. The van der Waals surface area contributed by atoms with Gasteiger partial charge in [-0.05, 0) is 60.2 Å². The van der Waals surface area contributed by atoms with E-state index in [1.54, 1.807) is 84.5 Å². The van der Waals surface area contributed by atoms with Gasteiger partial charge in [-0.25, -0.2) is 14.7 Å². The van der Waals surface area contributed by atoms with Gasteiger partial charge in [-0.1, -0.05) is 35.3 Å². The molecule has 2 atom stereocenters. The van der Waals surface area contributed by atoms with Crippen molar-refractivity contribution in [2.24, 2.45) is 5.50 Å². The van der Waals surface area contributed by atoms with Gasteiger partial charge in [0.1, 0.15) is 10.8 Å². The minimum Gasteiger partial charge on any atom is -0.331 e. The molecule has 0 bridgehead atoms. The summed E-state index contributed by atoms with van der Waals surface area (Å²) in [5.41, 5.74) is 10.3. The van der Waals surface area contributed by atoms with Crippen LogP contribution in [-0.2, 0) is 22.2 Å². The maximum absolute atomic E-state index is 14.0.